The normalized spacial score (nSPS) is 10.8. The third kappa shape index (κ3) is 3.30. The average Bonchev–Trinajstić information content (AvgIpc) is 3.04. The summed E-state index contributed by atoms with van der Waals surface area (Å²) in [4.78, 5) is 8.02. The second-order valence-corrected chi connectivity index (χ2v) is 5.75. The number of hydrogen-bond donors (Lipinski definition) is 1. The van der Waals surface area contributed by atoms with Gasteiger partial charge in [0.2, 0.25) is 0 Å². The smallest absolute Gasteiger partial charge is 0.185 e. The average molecular weight is 293 g/mol. The number of aromatic nitrogens is 3. The molecule has 2 aromatic heterocycles. The fourth-order valence-electron chi connectivity index (χ4n) is 2.14. The third-order valence-corrected chi connectivity index (χ3v) is 4.33. The lowest BCUT2D eigenvalue weighted by molar-refractivity contribution is 0.746. The molecule has 0 aliphatic carbocycles. The van der Waals surface area contributed by atoms with Gasteiger partial charge in [0.25, 0.3) is 0 Å². The van der Waals surface area contributed by atoms with Gasteiger partial charge in [-0.05, 0) is 20.3 Å². The highest BCUT2D eigenvalue weighted by atomic mass is 32.1. The van der Waals surface area contributed by atoms with Gasteiger partial charge in [0.15, 0.2) is 5.13 Å². The van der Waals surface area contributed by atoms with Crippen LogP contribution < -0.4 is 10.2 Å². The van der Waals surface area contributed by atoms with Crippen molar-refractivity contribution in [3.8, 4) is 0 Å². The van der Waals surface area contributed by atoms with Crippen molar-refractivity contribution in [2.45, 2.75) is 33.7 Å². The summed E-state index contributed by atoms with van der Waals surface area (Å²) >= 11 is 1.75. The largest absolute Gasteiger partial charge is 0.377 e. The second kappa shape index (κ2) is 6.74. The molecular weight excluding hydrogens is 270 g/mol. The molecule has 0 saturated heterocycles. The number of thiazole rings is 1. The van der Waals surface area contributed by atoms with Crippen LogP contribution in [-0.4, -0.2) is 27.9 Å². The van der Waals surface area contributed by atoms with Gasteiger partial charge in [-0.15, -0.1) is 11.3 Å². The Morgan fingerprint density at radius 2 is 2.05 bits per heavy atom. The van der Waals surface area contributed by atoms with Gasteiger partial charge < -0.3 is 10.2 Å². The predicted molar refractivity (Wildman–Crippen MR) is 85.6 cm³/mol. The van der Waals surface area contributed by atoms with E-state index in [9.17, 15) is 0 Å². The molecule has 0 radical (unpaired) electrons. The maximum Gasteiger partial charge on any atom is 0.185 e. The number of nitrogens with zero attached hydrogens (tertiary/aromatic N) is 4. The zero-order valence-corrected chi connectivity index (χ0v) is 13.5. The standard InChI is InChI=1S/C14H23N5S/c1-5-12-13(10-18(4)17-12)15-8-11-9-16-14(20-11)19(6-2)7-3/h9-10,15H,5-8H2,1-4H3. The van der Waals surface area contributed by atoms with E-state index in [2.05, 4.69) is 41.1 Å². The molecule has 0 aliphatic rings. The van der Waals surface area contributed by atoms with E-state index in [-0.39, 0.29) is 0 Å². The van der Waals surface area contributed by atoms with Gasteiger partial charge in [-0.3, -0.25) is 4.68 Å². The van der Waals surface area contributed by atoms with Crippen LogP contribution in [0.4, 0.5) is 10.8 Å². The molecule has 0 saturated carbocycles. The van der Waals surface area contributed by atoms with Gasteiger partial charge >= 0.3 is 0 Å². The molecule has 6 heteroatoms. The maximum absolute atomic E-state index is 4.50. The fourth-order valence-corrected chi connectivity index (χ4v) is 3.12. The van der Waals surface area contributed by atoms with E-state index in [4.69, 9.17) is 0 Å². The van der Waals surface area contributed by atoms with Crippen molar-refractivity contribution >= 4 is 22.2 Å². The van der Waals surface area contributed by atoms with Crippen LogP contribution in [0.15, 0.2) is 12.4 Å². The lowest BCUT2D eigenvalue weighted by atomic mass is 10.3. The Morgan fingerprint density at radius 1 is 1.30 bits per heavy atom. The van der Waals surface area contributed by atoms with E-state index in [0.717, 1.165) is 42.6 Å². The number of rotatable bonds is 7. The molecule has 0 spiro atoms. The Labute approximate surface area is 124 Å². The lowest BCUT2D eigenvalue weighted by Gasteiger charge is -2.16. The molecule has 0 aromatic carbocycles. The van der Waals surface area contributed by atoms with E-state index < -0.39 is 0 Å². The van der Waals surface area contributed by atoms with E-state index in [1.807, 2.05) is 24.1 Å². The summed E-state index contributed by atoms with van der Waals surface area (Å²) in [5.74, 6) is 0. The predicted octanol–water partition coefficient (Wildman–Crippen LogP) is 2.90. The Morgan fingerprint density at radius 3 is 2.70 bits per heavy atom. The highest BCUT2D eigenvalue weighted by Crippen LogP contribution is 2.23. The molecule has 110 valence electrons. The molecule has 0 fully saturated rings. The molecule has 2 heterocycles. The minimum Gasteiger partial charge on any atom is -0.377 e. The highest BCUT2D eigenvalue weighted by Gasteiger charge is 2.09. The maximum atomic E-state index is 4.50. The number of hydrogen-bond acceptors (Lipinski definition) is 5. The summed E-state index contributed by atoms with van der Waals surface area (Å²) in [5.41, 5.74) is 2.23. The van der Waals surface area contributed by atoms with E-state index in [1.54, 1.807) is 11.3 Å². The molecule has 1 N–H and O–H groups in total. The van der Waals surface area contributed by atoms with Crippen LogP contribution in [0.1, 0.15) is 31.3 Å². The lowest BCUT2D eigenvalue weighted by Crippen LogP contribution is -2.21. The minimum atomic E-state index is 0.803. The molecule has 0 atom stereocenters. The van der Waals surface area contributed by atoms with Gasteiger partial charge in [-0.1, -0.05) is 6.92 Å². The van der Waals surface area contributed by atoms with Crippen molar-refractivity contribution in [1.82, 2.24) is 14.8 Å². The summed E-state index contributed by atoms with van der Waals surface area (Å²) in [5, 5.41) is 9.00. The van der Waals surface area contributed by atoms with Crippen molar-refractivity contribution in [1.29, 1.82) is 0 Å². The molecule has 0 unspecified atom stereocenters. The fraction of sp³-hybridized carbons (Fsp3) is 0.571. The van der Waals surface area contributed by atoms with Gasteiger partial charge in [0.05, 0.1) is 17.9 Å². The summed E-state index contributed by atoms with van der Waals surface area (Å²) in [6.45, 7) is 9.24. The zero-order valence-electron chi connectivity index (χ0n) is 12.7. The van der Waals surface area contributed by atoms with Crippen molar-refractivity contribution in [2.75, 3.05) is 23.3 Å². The van der Waals surface area contributed by atoms with Crippen molar-refractivity contribution in [3.05, 3.63) is 23.0 Å². The monoisotopic (exact) mass is 293 g/mol. The van der Waals surface area contributed by atoms with Crippen LogP contribution in [-0.2, 0) is 20.0 Å². The molecule has 0 aliphatic heterocycles. The van der Waals surface area contributed by atoms with Crippen molar-refractivity contribution in [2.24, 2.45) is 7.05 Å². The van der Waals surface area contributed by atoms with Gasteiger partial charge in [-0.2, -0.15) is 5.10 Å². The van der Waals surface area contributed by atoms with Gasteiger partial charge in [0.1, 0.15) is 0 Å². The summed E-state index contributed by atoms with van der Waals surface area (Å²) in [7, 11) is 1.95. The minimum absolute atomic E-state index is 0.803. The van der Waals surface area contributed by atoms with Crippen LogP contribution >= 0.6 is 11.3 Å². The van der Waals surface area contributed by atoms with Gasteiger partial charge in [0, 0.05) is 37.4 Å². The first kappa shape index (κ1) is 14.8. The van der Waals surface area contributed by atoms with Crippen LogP contribution in [0.5, 0.6) is 0 Å². The number of aryl methyl sites for hydroxylation is 2. The number of nitrogens with one attached hydrogen (secondary N) is 1. The van der Waals surface area contributed by atoms with E-state index >= 15 is 0 Å². The number of anilines is 2. The topological polar surface area (TPSA) is 46.0 Å². The van der Waals surface area contributed by atoms with Crippen LogP contribution in [0.3, 0.4) is 0 Å². The summed E-state index contributed by atoms with van der Waals surface area (Å²) in [6, 6.07) is 0. The van der Waals surface area contributed by atoms with Crippen LogP contribution in [0.25, 0.3) is 0 Å². The first-order valence-electron chi connectivity index (χ1n) is 7.13. The quantitative estimate of drug-likeness (QED) is 0.852. The van der Waals surface area contributed by atoms with Crippen molar-refractivity contribution < 1.29 is 0 Å². The van der Waals surface area contributed by atoms with Crippen LogP contribution in [0.2, 0.25) is 0 Å². The molecule has 0 bridgehead atoms. The Balaban J connectivity index is 2.00. The second-order valence-electron chi connectivity index (χ2n) is 4.65. The molecule has 2 rings (SSSR count). The highest BCUT2D eigenvalue weighted by molar-refractivity contribution is 7.15. The first-order chi connectivity index (χ1) is 9.67. The van der Waals surface area contributed by atoms with E-state index in [1.165, 1.54) is 4.88 Å². The Bertz CT molecular complexity index is 542. The summed E-state index contributed by atoms with van der Waals surface area (Å²) in [6.07, 6.45) is 4.94. The van der Waals surface area contributed by atoms with E-state index in [0.29, 0.717) is 0 Å². The van der Waals surface area contributed by atoms with Gasteiger partial charge in [-0.25, -0.2) is 4.98 Å². The van der Waals surface area contributed by atoms with Crippen molar-refractivity contribution in [3.63, 3.8) is 0 Å². The SMILES string of the molecule is CCc1nn(C)cc1NCc1cnc(N(CC)CC)s1. The summed E-state index contributed by atoms with van der Waals surface area (Å²) < 4.78 is 1.86. The third-order valence-electron chi connectivity index (χ3n) is 3.27. The van der Waals surface area contributed by atoms with Crippen LogP contribution in [0, 0.1) is 0 Å². The molecule has 0 amide bonds. The molecule has 2 aromatic rings. The molecule has 5 nitrogen and oxygen atoms in total. The zero-order chi connectivity index (χ0) is 14.5. The Hall–Kier alpha value is -1.56. The Kier molecular flexibility index (Phi) is 5.00. The first-order valence-corrected chi connectivity index (χ1v) is 7.95. The molecule has 20 heavy (non-hydrogen) atoms. The molecular formula is C14H23N5S.